The molecule has 19 heavy (non-hydrogen) atoms. The summed E-state index contributed by atoms with van der Waals surface area (Å²) in [5, 5.41) is 13.0. The SMILES string of the molecule is C[C@](CO)(NC(=O)[C@@H]1C[C@@H]1C1CC1)C1CCCCC1. The van der Waals surface area contributed by atoms with Crippen molar-refractivity contribution < 1.29 is 9.90 Å². The molecule has 108 valence electrons. The summed E-state index contributed by atoms with van der Waals surface area (Å²) in [6.07, 6.45) is 9.82. The monoisotopic (exact) mass is 265 g/mol. The maximum absolute atomic E-state index is 12.3. The van der Waals surface area contributed by atoms with E-state index in [1.165, 1.54) is 32.1 Å². The number of hydrogen-bond donors (Lipinski definition) is 2. The zero-order valence-electron chi connectivity index (χ0n) is 12.0. The van der Waals surface area contributed by atoms with Gasteiger partial charge in [-0.3, -0.25) is 4.79 Å². The summed E-state index contributed by atoms with van der Waals surface area (Å²) in [4.78, 5) is 12.3. The molecule has 0 aromatic rings. The molecule has 3 atom stereocenters. The number of nitrogens with one attached hydrogen (secondary N) is 1. The second-order valence-corrected chi connectivity index (χ2v) is 7.24. The van der Waals surface area contributed by atoms with Crippen LogP contribution in [0.5, 0.6) is 0 Å². The summed E-state index contributed by atoms with van der Waals surface area (Å²) in [6, 6.07) is 0. The smallest absolute Gasteiger partial charge is 0.223 e. The van der Waals surface area contributed by atoms with E-state index in [0.29, 0.717) is 11.8 Å². The third-order valence-corrected chi connectivity index (χ3v) is 5.65. The molecular weight excluding hydrogens is 238 g/mol. The van der Waals surface area contributed by atoms with E-state index in [4.69, 9.17) is 0 Å². The molecule has 3 rings (SSSR count). The van der Waals surface area contributed by atoms with Gasteiger partial charge in [-0.1, -0.05) is 19.3 Å². The van der Waals surface area contributed by atoms with Crippen LogP contribution in [0.3, 0.4) is 0 Å². The number of aliphatic hydroxyl groups excluding tert-OH is 1. The molecular formula is C16H27NO2. The van der Waals surface area contributed by atoms with Crippen LogP contribution in [0.1, 0.15) is 58.3 Å². The van der Waals surface area contributed by atoms with E-state index in [1.54, 1.807) is 0 Å². The van der Waals surface area contributed by atoms with Gasteiger partial charge in [-0.25, -0.2) is 0 Å². The molecule has 0 aromatic carbocycles. The Kier molecular flexibility index (Phi) is 3.59. The van der Waals surface area contributed by atoms with Crippen molar-refractivity contribution in [2.45, 2.75) is 63.8 Å². The summed E-state index contributed by atoms with van der Waals surface area (Å²) in [6.45, 7) is 2.11. The van der Waals surface area contributed by atoms with Crippen molar-refractivity contribution in [3.8, 4) is 0 Å². The Morgan fingerprint density at radius 2 is 1.89 bits per heavy atom. The number of aliphatic hydroxyl groups is 1. The molecule has 0 spiro atoms. The largest absolute Gasteiger partial charge is 0.394 e. The third-order valence-electron chi connectivity index (χ3n) is 5.65. The van der Waals surface area contributed by atoms with Crippen LogP contribution in [0.15, 0.2) is 0 Å². The van der Waals surface area contributed by atoms with Gasteiger partial charge < -0.3 is 10.4 Å². The molecule has 0 unspecified atom stereocenters. The lowest BCUT2D eigenvalue weighted by Gasteiger charge is -2.39. The second kappa shape index (κ2) is 5.08. The fraction of sp³-hybridized carbons (Fsp3) is 0.938. The summed E-state index contributed by atoms with van der Waals surface area (Å²) >= 11 is 0. The number of hydrogen-bond acceptors (Lipinski definition) is 2. The van der Waals surface area contributed by atoms with Crippen LogP contribution in [0, 0.1) is 23.7 Å². The van der Waals surface area contributed by atoms with Crippen LogP contribution < -0.4 is 5.32 Å². The first-order valence-electron chi connectivity index (χ1n) is 8.07. The zero-order chi connectivity index (χ0) is 13.5. The summed E-state index contributed by atoms with van der Waals surface area (Å²) < 4.78 is 0. The van der Waals surface area contributed by atoms with Gasteiger partial charge in [0, 0.05) is 5.92 Å². The van der Waals surface area contributed by atoms with E-state index < -0.39 is 5.54 Å². The molecule has 3 heteroatoms. The van der Waals surface area contributed by atoms with Crippen molar-refractivity contribution in [1.82, 2.24) is 5.32 Å². The predicted molar refractivity (Wildman–Crippen MR) is 74.5 cm³/mol. The van der Waals surface area contributed by atoms with E-state index >= 15 is 0 Å². The van der Waals surface area contributed by atoms with Crippen LogP contribution in [0.4, 0.5) is 0 Å². The molecule has 0 aromatic heterocycles. The Balaban J connectivity index is 1.57. The summed E-state index contributed by atoms with van der Waals surface area (Å²) in [7, 11) is 0. The molecule has 1 amide bonds. The molecule has 3 saturated carbocycles. The maximum Gasteiger partial charge on any atom is 0.223 e. The first kappa shape index (κ1) is 13.4. The Hall–Kier alpha value is -0.570. The lowest BCUT2D eigenvalue weighted by molar-refractivity contribution is -0.126. The van der Waals surface area contributed by atoms with E-state index in [-0.39, 0.29) is 18.4 Å². The molecule has 3 aliphatic rings. The number of carbonyl (C=O) groups excluding carboxylic acids is 1. The highest BCUT2D eigenvalue weighted by atomic mass is 16.3. The van der Waals surface area contributed by atoms with E-state index in [9.17, 15) is 9.90 Å². The van der Waals surface area contributed by atoms with Crippen molar-refractivity contribution in [2.24, 2.45) is 23.7 Å². The average molecular weight is 265 g/mol. The number of carbonyl (C=O) groups is 1. The van der Waals surface area contributed by atoms with E-state index in [0.717, 1.165) is 25.2 Å². The fourth-order valence-electron chi connectivity index (χ4n) is 3.95. The second-order valence-electron chi connectivity index (χ2n) is 7.24. The Morgan fingerprint density at radius 1 is 1.21 bits per heavy atom. The predicted octanol–water partition coefficient (Wildman–Crippen LogP) is 2.48. The third kappa shape index (κ3) is 2.81. The van der Waals surface area contributed by atoms with E-state index in [1.807, 2.05) is 6.92 Å². The first-order chi connectivity index (χ1) is 9.14. The minimum Gasteiger partial charge on any atom is -0.394 e. The molecule has 2 N–H and O–H groups in total. The van der Waals surface area contributed by atoms with Gasteiger partial charge in [-0.15, -0.1) is 0 Å². The van der Waals surface area contributed by atoms with Gasteiger partial charge in [0.05, 0.1) is 12.1 Å². The normalized spacial score (nSPS) is 34.6. The van der Waals surface area contributed by atoms with Crippen LogP contribution >= 0.6 is 0 Å². The highest BCUT2D eigenvalue weighted by Gasteiger charge is 2.52. The highest BCUT2D eigenvalue weighted by molar-refractivity contribution is 5.82. The number of rotatable bonds is 5. The molecule has 0 bridgehead atoms. The van der Waals surface area contributed by atoms with Crippen LogP contribution in [0.25, 0.3) is 0 Å². The highest BCUT2D eigenvalue weighted by Crippen LogP contribution is 2.54. The van der Waals surface area contributed by atoms with Crippen LogP contribution in [-0.4, -0.2) is 23.2 Å². The minimum atomic E-state index is -0.395. The molecule has 3 aliphatic carbocycles. The summed E-state index contributed by atoms with van der Waals surface area (Å²) in [5.41, 5.74) is -0.395. The quantitative estimate of drug-likeness (QED) is 0.802. The number of amides is 1. The van der Waals surface area contributed by atoms with Crippen LogP contribution in [0.2, 0.25) is 0 Å². The van der Waals surface area contributed by atoms with Crippen molar-refractivity contribution in [1.29, 1.82) is 0 Å². The zero-order valence-corrected chi connectivity index (χ0v) is 12.0. The van der Waals surface area contributed by atoms with Crippen molar-refractivity contribution in [2.75, 3.05) is 6.61 Å². The summed E-state index contributed by atoms with van der Waals surface area (Å²) in [5.74, 6) is 2.41. The van der Waals surface area contributed by atoms with E-state index in [2.05, 4.69) is 5.32 Å². The van der Waals surface area contributed by atoms with Gasteiger partial charge in [0.2, 0.25) is 5.91 Å². The van der Waals surface area contributed by atoms with Crippen LogP contribution in [-0.2, 0) is 4.79 Å². The Labute approximate surface area is 116 Å². The Morgan fingerprint density at radius 3 is 2.47 bits per heavy atom. The molecule has 0 aliphatic heterocycles. The van der Waals surface area contributed by atoms with Gasteiger partial charge >= 0.3 is 0 Å². The van der Waals surface area contributed by atoms with Gasteiger partial charge in [-0.05, 0) is 56.8 Å². The molecule has 3 fully saturated rings. The van der Waals surface area contributed by atoms with Crippen molar-refractivity contribution in [3.05, 3.63) is 0 Å². The van der Waals surface area contributed by atoms with Gasteiger partial charge in [0.1, 0.15) is 0 Å². The van der Waals surface area contributed by atoms with Crippen molar-refractivity contribution in [3.63, 3.8) is 0 Å². The van der Waals surface area contributed by atoms with Gasteiger partial charge in [-0.2, -0.15) is 0 Å². The lowest BCUT2D eigenvalue weighted by Crippen LogP contribution is -2.55. The molecule has 0 radical (unpaired) electrons. The standard InChI is InChI=1S/C16H27NO2/c1-16(10-18,12-5-3-2-4-6-12)17-15(19)14-9-13(14)11-7-8-11/h11-14,18H,2-10H2,1H3,(H,17,19)/t13-,14-,16-/m1/s1. The molecule has 3 nitrogen and oxygen atoms in total. The van der Waals surface area contributed by atoms with Gasteiger partial charge in [0.15, 0.2) is 0 Å². The molecule has 0 heterocycles. The lowest BCUT2D eigenvalue weighted by atomic mass is 9.76. The maximum atomic E-state index is 12.3. The average Bonchev–Trinajstić information content (AvgIpc) is 3.30. The topological polar surface area (TPSA) is 49.3 Å². The fourth-order valence-corrected chi connectivity index (χ4v) is 3.95. The molecule has 0 saturated heterocycles. The van der Waals surface area contributed by atoms with Gasteiger partial charge in [0.25, 0.3) is 0 Å². The first-order valence-corrected chi connectivity index (χ1v) is 8.07. The van der Waals surface area contributed by atoms with Crippen molar-refractivity contribution >= 4 is 5.91 Å². The Bertz CT molecular complexity index is 347. The minimum absolute atomic E-state index is 0.0736.